The fourth-order valence-electron chi connectivity index (χ4n) is 1.22. The van der Waals surface area contributed by atoms with Crippen molar-refractivity contribution in [3.05, 3.63) is 28.7 Å². The first-order valence-electron chi connectivity index (χ1n) is 5.02. The molecule has 17 heavy (non-hydrogen) atoms. The number of nitrogens with one attached hydrogen (secondary N) is 1. The van der Waals surface area contributed by atoms with Gasteiger partial charge < -0.3 is 15.6 Å². The molecule has 0 spiro atoms. The third-order valence-electron chi connectivity index (χ3n) is 2.03. The highest BCUT2D eigenvalue weighted by atomic mass is 32.2. The molecule has 0 bridgehead atoms. The fourth-order valence-corrected chi connectivity index (χ4v) is 1.61. The summed E-state index contributed by atoms with van der Waals surface area (Å²) in [5.41, 5.74) is 5.65. The van der Waals surface area contributed by atoms with Crippen LogP contribution in [0.5, 0.6) is 0 Å². The summed E-state index contributed by atoms with van der Waals surface area (Å²) in [4.78, 5) is 22.8. The molecule has 94 valence electrons. The van der Waals surface area contributed by atoms with Crippen molar-refractivity contribution in [3.63, 3.8) is 0 Å². The van der Waals surface area contributed by atoms with Crippen LogP contribution >= 0.6 is 0 Å². The largest absolute Gasteiger partial charge is 0.398 e. The van der Waals surface area contributed by atoms with E-state index in [2.05, 4.69) is 5.32 Å². The number of hydrogen-bond acceptors (Lipinski definition) is 4. The molecular weight excluding hydrogens is 242 g/mol. The van der Waals surface area contributed by atoms with Gasteiger partial charge in [0.1, 0.15) is 6.54 Å². The zero-order chi connectivity index (χ0) is 12.8. The third-order valence-corrected chi connectivity index (χ3v) is 2.81. The normalized spacial score (nSPS) is 12.1. The first kappa shape index (κ1) is 13.4. The molecule has 1 unspecified atom stereocenters. The molecule has 7 heteroatoms. The maximum absolute atomic E-state index is 11.4. The molecule has 0 aliphatic rings. The lowest BCUT2D eigenvalue weighted by Crippen LogP contribution is -2.33. The van der Waals surface area contributed by atoms with Crippen LogP contribution in [0.3, 0.4) is 0 Å². The Bertz CT molecular complexity index is 484. The second-order valence-electron chi connectivity index (χ2n) is 3.56. The minimum Gasteiger partial charge on any atom is -0.398 e. The lowest BCUT2D eigenvalue weighted by Gasteiger charge is -2.07. The van der Waals surface area contributed by atoms with E-state index in [9.17, 15) is 13.8 Å². The average molecular weight is 257 g/mol. The number of carbonyl (C=O) groups excluding carboxylic acids is 1. The quantitative estimate of drug-likeness (QED) is 0.702. The molecule has 0 aliphatic carbocycles. The van der Waals surface area contributed by atoms with E-state index < -0.39 is 10.8 Å². The van der Waals surface area contributed by atoms with Crippen LogP contribution in [0.1, 0.15) is 0 Å². The molecule has 3 N–H and O–H groups in total. The van der Waals surface area contributed by atoms with Gasteiger partial charge in [-0.15, -0.1) is 0 Å². The van der Waals surface area contributed by atoms with E-state index in [1.54, 1.807) is 6.26 Å². The summed E-state index contributed by atoms with van der Waals surface area (Å²) in [7, 11) is -0.940. The van der Waals surface area contributed by atoms with Crippen molar-refractivity contribution < 1.29 is 9.00 Å². The Morgan fingerprint density at radius 3 is 2.88 bits per heavy atom. The van der Waals surface area contributed by atoms with Crippen molar-refractivity contribution in [2.24, 2.45) is 0 Å². The van der Waals surface area contributed by atoms with Crippen molar-refractivity contribution in [3.8, 4) is 0 Å². The molecule has 1 aromatic heterocycles. The van der Waals surface area contributed by atoms with Gasteiger partial charge in [-0.25, -0.2) is 0 Å². The van der Waals surface area contributed by atoms with Crippen molar-refractivity contribution in [2.45, 2.75) is 6.54 Å². The predicted octanol–water partition coefficient (Wildman–Crippen LogP) is -1.07. The Kier molecular flexibility index (Phi) is 4.89. The van der Waals surface area contributed by atoms with Gasteiger partial charge in [-0.3, -0.25) is 13.8 Å². The van der Waals surface area contributed by atoms with E-state index >= 15 is 0 Å². The first-order chi connectivity index (χ1) is 7.99. The molecule has 0 saturated heterocycles. The van der Waals surface area contributed by atoms with Gasteiger partial charge in [-0.1, -0.05) is 0 Å². The minimum atomic E-state index is -0.940. The summed E-state index contributed by atoms with van der Waals surface area (Å²) in [6.45, 7) is 0.249. The summed E-state index contributed by atoms with van der Waals surface area (Å²) >= 11 is 0. The number of nitrogen functional groups attached to an aromatic ring is 1. The first-order valence-corrected chi connectivity index (χ1v) is 6.74. The Morgan fingerprint density at radius 1 is 1.53 bits per heavy atom. The van der Waals surface area contributed by atoms with E-state index in [0.717, 1.165) is 0 Å². The van der Waals surface area contributed by atoms with Crippen molar-refractivity contribution in [2.75, 3.05) is 24.3 Å². The summed E-state index contributed by atoms with van der Waals surface area (Å²) in [5.74, 6) is 0.0977. The van der Waals surface area contributed by atoms with Gasteiger partial charge in [0.25, 0.3) is 5.56 Å². The van der Waals surface area contributed by atoms with Crippen molar-refractivity contribution in [1.29, 1.82) is 0 Å². The van der Waals surface area contributed by atoms with Crippen LogP contribution in [-0.2, 0) is 22.1 Å². The molecule has 0 aromatic carbocycles. The summed E-state index contributed by atoms with van der Waals surface area (Å²) in [5, 5.41) is 2.58. The second kappa shape index (κ2) is 6.19. The number of amides is 1. The van der Waals surface area contributed by atoms with Crippen LogP contribution in [0.4, 0.5) is 5.69 Å². The lowest BCUT2D eigenvalue weighted by molar-refractivity contribution is -0.121. The van der Waals surface area contributed by atoms with Crippen molar-refractivity contribution in [1.82, 2.24) is 9.88 Å². The van der Waals surface area contributed by atoms with Crippen LogP contribution in [0, 0.1) is 0 Å². The number of nitrogens with two attached hydrogens (primary N) is 1. The van der Waals surface area contributed by atoms with E-state index in [1.165, 1.54) is 22.9 Å². The number of anilines is 1. The zero-order valence-electron chi connectivity index (χ0n) is 9.51. The summed E-state index contributed by atoms with van der Waals surface area (Å²) in [6.07, 6.45) is 2.98. The third kappa shape index (κ3) is 4.81. The Labute approximate surface area is 101 Å². The van der Waals surface area contributed by atoms with Crippen LogP contribution in [-0.4, -0.2) is 33.2 Å². The van der Waals surface area contributed by atoms with Gasteiger partial charge in [0, 0.05) is 47.3 Å². The highest BCUT2D eigenvalue weighted by Crippen LogP contribution is 1.95. The monoisotopic (exact) mass is 257 g/mol. The van der Waals surface area contributed by atoms with E-state index in [1.807, 2.05) is 0 Å². The second-order valence-corrected chi connectivity index (χ2v) is 5.11. The number of pyridine rings is 1. The van der Waals surface area contributed by atoms with Crippen LogP contribution < -0.4 is 16.6 Å². The van der Waals surface area contributed by atoms with E-state index in [0.29, 0.717) is 18.0 Å². The topological polar surface area (TPSA) is 94.2 Å². The Morgan fingerprint density at radius 2 is 2.24 bits per heavy atom. The molecule has 0 fully saturated rings. The SMILES string of the molecule is CS(=O)CCNC(=O)Cn1cc(N)ccc1=O. The molecule has 1 heterocycles. The Hall–Kier alpha value is -1.63. The fraction of sp³-hybridized carbons (Fsp3) is 0.400. The summed E-state index contributed by atoms with van der Waals surface area (Å²) < 4.78 is 12.0. The molecule has 0 aliphatic heterocycles. The molecule has 1 rings (SSSR count). The Balaban J connectivity index is 2.53. The smallest absolute Gasteiger partial charge is 0.251 e. The molecule has 0 saturated carbocycles. The molecule has 6 nitrogen and oxygen atoms in total. The number of carbonyl (C=O) groups is 1. The van der Waals surface area contributed by atoms with E-state index in [4.69, 9.17) is 5.73 Å². The van der Waals surface area contributed by atoms with Crippen LogP contribution in [0.15, 0.2) is 23.1 Å². The molecular formula is C10H15N3O3S. The van der Waals surface area contributed by atoms with Gasteiger partial charge in [0.2, 0.25) is 5.91 Å². The van der Waals surface area contributed by atoms with Gasteiger partial charge in [-0.2, -0.15) is 0 Å². The van der Waals surface area contributed by atoms with E-state index in [-0.39, 0.29) is 18.0 Å². The van der Waals surface area contributed by atoms with Gasteiger partial charge >= 0.3 is 0 Å². The minimum absolute atomic E-state index is 0.0831. The molecule has 0 radical (unpaired) electrons. The molecule has 1 atom stereocenters. The van der Waals surface area contributed by atoms with Crippen molar-refractivity contribution >= 4 is 22.4 Å². The highest BCUT2D eigenvalue weighted by Gasteiger charge is 2.04. The van der Waals surface area contributed by atoms with Crippen LogP contribution in [0.25, 0.3) is 0 Å². The lowest BCUT2D eigenvalue weighted by atomic mass is 10.4. The molecule has 1 aromatic rings. The number of hydrogen-bond donors (Lipinski definition) is 2. The summed E-state index contributed by atoms with van der Waals surface area (Å²) in [6, 6.07) is 2.79. The van der Waals surface area contributed by atoms with Crippen LogP contribution in [0.2, 0.25) is 0 Å². The zero-order valence-corrected chi connectivity index (χ0v) is 10.3. The standard InChI is InChI=1S/C10H15N3O3S/c1-17(16)5-4-12-9(14)7-13-6-8(11)2-3-10(13)15/h2-3,6H,4-5,7,11H2,1H3,(H,12,14). The number of aromatic nitrogens is 1. The van der Waals surface area contributed by atoms with Gasteiger partial charge in [-0.05, 0) is 6.07 Å². The average Bonchev–Trinajstić information content (AvgIpc) is 2.23. The maximum atomic E-state index is 11.4. The number of nitrogens with zero attached hydrogens (tertiary/aromatic N) is 1. The van der Waals surface area contributed by atoms with Gasteiger partial charge in [0.15, 0.2) is 0 Å². The maximum Gasteiger partial charge on any atom is 0.251 e. The highest BCUT2D eigenvalue weighted by molar-refractivity contribution is 7.84. The predicted molar refractivity (Wildman–Crippen MR) is 67.1 cm³/mol. The number of rotatable bonds is 5. The van der Waals surface area contributed by atoms with Gasteiger partial charge in [0.05, 0.1) is 0 Å². The molecule has 1 amide bonds.